The minimum Gasteiger partial charge on any atom is -0.0843 e. The summed E-state index contributed by atoms with van der Waals surface area (Å²) in [5, 5.41) is 2.16. The summed E-state index contributed by atoms with van der Waals surface area (Å²) >= 11 is 20.5. The fraction of sp³-hybridized carbons (Fsp3) is 0.0714. The van der Waals surface area contributed by atoms with Crippen LogP contribution >= 0.6 is 57.4 Å². The number of hydrogen-bond donors (Lipinski definition) is 0. The lowest BCUT2D eigenvalue weighted by Crippen LogP contribution is -1.92. The zero-order chi connectivity index (χ0) is 13.1. The Kier molecular flexibility index (Phi) is 5.19. The molecule has 2 rings (SSSR count). The molecule has 0 aliphatic carbocycles. The van der Waals surface area contributed by atoms with E-state index in [1.54, 1.807) is 6.07 Å². The molecule has 4 heteroatoms. The highest BCUT2D eigenvalue weighted by atomic mass is 127. The van der Waals surface area contributed by atoms with Crippen LogP contribution < -0.4 is 0 Å². The smallest absolute Gasteiger partial charge is 0.0441 e. The Balaban J connectivity index is 2.16. The maximum Gasteiger partial charge on any atom is 0.0441 e. The zero-order valence-corrected chi connectivity index (χ0v) is 13.7. The van der Waals surface area contributed by atoms with Crippen molar-refractivity contribution < 1.29 is 0 Å². The summed E-state index contributed by atoms with van der Waals surface area (Å²) in [6.45, 7) is 0. The molecule has 18 heavy (non-hydrogen) atoms. The van der Waals surface area contributed by atoms with Gasteiger partial charge in [0.1, 0.15) is 0 Å². The predicted molar refractivity (Wildman–Crippen MR) is 87.7 cm³/mol. The van der Waals surface area contributed by atoms with Crippen molar-refractivity contribution in [3.05, 3.63) is 72.6 Å². The first kappa shape index (κ1) is 14.4. The first-order valence-electron chi connectivity index (χ1n) is 5.28. The molecule has 0 aliphatic heterocycles. The van der Waals surface area contributed by atoms with Gasteiger partial charge in [-0.05, 0) is 83.0 Å². The molecule has 2 aromatic rings. The molecule has 0 nitrogen and oxygen atoms in total. The molecule has 0 heterocycles. The van der Waals surface area contributed by atoms with Crippen molar-refractivity contribution in [2.75, 3.05) is 0 Å². The maximum absolute atomic E-state index is 6.14. The van der Waals surface area contributed by atoms with E-state index in [4.69, 9.17) is 34.8 Å². The largest absolute Gasteiger partial charge is 0.0843 e. The Hall–Kier alpha value is 0.0400. The molecule has 0 amide bonds. The summed E-state index contributed by atoms with van der Waals surface area (Å²) in [6.07, 6.45) is 2.77. The second-order valence-electron chi connectivity index (χ2n) is 3.81. The molecule has 93 valence electrons. The van der Waals surface area contributed by atoms with Crippen molar-refractivity contribution in [3.63, 3.8) is 0 Å². The Bertz CT molecular complexity index is 515. The lowest BCUT2D eigenvalue weighted by atomic mass is 10.0. The Morgan fingerprint density at radius 1 is 0.944 bits per heavy atom. The molecule has 0 aromatic heterocycles. The molecule has 0 spiro atoms. The van der Waals surface area contributed by atoms with Gasteiger partial charge in [-0.15, -0.1) is 0 Å². The fourth-order valence-electron chi connectivity index (χ4n) is 1.59. The molecule has 0 atom stereocenters. The van der Waals surface area contributed by atoms with E-state index in [-0.39, 0.29) is 0 Å². The standard InChI is InChI=1S/C14H9Cl3I/c15-11-3-5-13(16)9(7-11)1-2-10-8-12(18)4-6-14(10)17/h2-8H,1H2. The van der Waals surface area contributed by atoms with Crippen molar-refractivity contribution in [3.8, 4) is 0 Å². The Morgan fingerprint density at radius 2 is 1.67 bits per heavy atom. The van der Waals surface area contributed by atoms with E-state index in [0.717, 1.165) is 24.7 Å². The van der Waals surface area contributed by atoms with Crippen molar-refractivity contribution in [2.45, 2.75) is 6.42 Å². The Morgan fingerprint density at radius 3 is 2.44 bits per heavy atom. The van der Waals surface area contributed by atoms with Crippen LogP contribution in [0.5, 0.6) is 0 Å². The van der Waals surface area contributed by atoms with Crippen LogP contribution in [0.15, 0.2) is 36.4 Å². The van der Waals surface area contributed by atoms with Crippen LogP contribution in [0.25, 0.3) is 0 Å². The molecule has 0 unspecified atom stereocenters. The van der Waals surface area contributed by atoms with Crippen molar-refractivity contribution in [1.29, 1.82) is 0 Å². The summed E-state index contributed by atoms with van der Waals surface area (Å²) in [4.78, 5) is 0. The molecule has 0 aliphatic rings. The number of rotatable bonds is 3. The first-order chi connectivity index (χ1) is 8.56. The van der Waals surface area contributed by atoms with E-state index in [0.29, 0.717) is 11.4 Å². The topological polar surface area (TPSA) is 0 Å². The average Bonchev–Trinajstić information content (AvgIpc) is 2.34. The van der Waals surface area contributed by atoms with Gasteiger partial charge in [0.25, 0.3) is 0 Å². The van der Waals surface area contributed by atoms with E-state index in [9.17, 15) is 0 Å². The minimum absolute atomic E-state index is 0.691. The summed E-state index contributed by atoms with van der Waals surface area (Å²) in [6, 6.07) is 11.4. The second-order valence-corrected chi connectivity index (χ2v) is 6.31. The van der Waals surface area contributed by atoms with Crippen LogP contribution in [0.1, 0.15) is 11.1 Å². The van der Waals surface area contributed by atoms with Crippen LogP contribution in [-0.2, 0) is 6.42 Å². The minimum atomic E-state index is 0.691. The third-order valence-corrected chi connectivity index (χ3v) is 4.13. The number of benzene rings is 2. The third kappa shape index (κ3) is 3.77. The molecule has 0 saturated heterocycles. The predicted octanol–water partition coefficient (Wildman–Crippen LogP) is 6.05. The Labute approximate surface area is 135 Å². The van der Waals surface area contributed by atoms with Gasteiger partial charge in [0.2, 0.25) is 0 Å². The van der Waals surface area contributed by atoms with Gasteiger partial charge < -0.3 is 0 Å². The van der Waals surface area contributed by atoms with Gasteiger partial charge in [0, 0.05) is 18.6 Å². The van der Waals surface area contributed by atoms with Crippen LogP contribution in [0.2, 0.25) is 15.1 Å². The SMILES string of the molecule is Clc1ccc(Cl)c(C[CH]c2cc(I)ccc2Cl)c1. The van der Waals surface area contributed by atoms with Gasteiger partial charge in [-0.3, -0.25) is 0 Å². The molecule has 0 fully saturated rings. The highest BCUT2D eigenvalue weighted by Gasteiger charge is 2.05. The molecular weight excluding hydrogens is 401 g/mol. The first-order valence-corrected chi connectivity index (χ1v) is 7.50. The number of halogens is 4. The van der Waals surface area contributed by atoms with Gasteiger partial charge in [0.05, 0.1) is 0 Å². The van der Waals surface area contributed by atoms with Crippen LogP contribution in [-0.4, -0.2) is 0 Å². The lowest BCUT2D eigenvalue weighted by Gasteiger charge is -2.07. The van der Waals surface area contributed by atoms with E-state index >= 15 is 0 Å². The van der Waals surface area contributed by atoms with Gasteiger partial charge in [0.15, 0.2) is 0 Å². The molecule has 0 N–H and O–H groups in total. The van der Waals surface area contributed by atoms with Crippen molar-refractivity contribution >= 4 is 57.4 Å². The van der Waals surface area contributed by atoms with Crippen molar-refractivity contribution in [2.24, 2.45) is 0 Å². The van der Waals surface area contributed by atoms with E-state index < -0.39 is 0 Å². The van der Waals surface area contributed by atoms with E-state index in [1.165, 1.54) is 0 Å². The maximum atomic E-state index is 6.14. The highest BCUT2D eigenvalue weighted by molar-refractivity contribution is 14.1. The van der Waals surface area contributed by atoms with Gasteiger partial charge >= 0.3 is 0 Å². The lowest BCUT2D eigenvalue weighted by molar-refractivity contribution is 1.17. The molecule has 0 bridgehead atoms. The highest BCUT2D eigenvalue weighted by Crippen LogP contribution is 2.25. The third-order valence-electron chi connectivity index (χ3n) is 2.51. The van der Waals surface area contributed by atoms with Gasteiger partial charge in [-0.2, -0.15) is 0 Å². The average molecular weight is 410 g/mol. The fourth-order valence-corrected chi connectivity index (χ4v) is 2.69. The monoisotopic (exact) mass is 409 g/mol. The summed E-state index contributed by atoms with van der Waals surface area (Å²) < 4.78 is 1.15. The normalized spacial score (nSPS) is 10.7. The summed E-state index contributed by atoms with van der Waals surface area (Å²) in [5.74, 6) is 0. The molecule has 0 saturated carbocycles. The summed E-state index contributed by atoms with van der Waals surface area (Å²) in [5.41, 5.74) is 2.01. The van der Waals surface area contributed by atoms with Crippen LogP contribution in [0.3, 0.4) is 0 Å². The van der Waals surface area contributed by atoms with Crippen LogP contribution in [0, 0.1) is 9.99 Å². The van der Waals surface area contributed by atoms with E-state index in [1.807, 2.05) is 30.3 Å². The molecule has 1 radical (unpaired) electrons. The number of hydrogen-bond acceptors (Lipinski definition) is 0. The quantitative estimate of drug-likeness (QED) is 0.541. The molecule has 2 aromatic carbocycles. The van der Waals surface area contributed by atoms with Crippen molar-refractivity contribution in [1.82, 2.24) is 0 Å². The molecular formula is C14H9Cl3I. The summed E-state index contributed by atoms with van der Waals surface area (Å²) in [7, 11) is 0. The van der Waals surface area contributed by atoms with Gasteiger partial charge in [-0.25, -0.2) is 0 Å². The zero-order valence-electron chi connectivity index (χ0n) is 9.26. The second kappa shape index (κ2) is 6.47. The van der Waals surface area contributed by atoms with E-state index in [2.05, 4.69) is 29.0 Å². The van der Waals surface area contributed by atoms with Crippen LogP contribution in [0.4, 0.5) is 0 Å². The van der Waals surface area contributed by atoms with Gasteiger partial charge in [-0.1, -0.05) is 34.8 Å².